The molecule has 0 radical (unpaired) electrons. The van der Waals surface area contributed by atoms with Crippen molar-refractivity contribution in [2.24, 2.45) is 11.7 Å². The molecule has 1 aromatic heterocycles. The summed E-state index contributed by atoms with van der Waals surface area (Å²) in [4.78, 5) is 27.0. The molecule has 8 heteroatoms. The molecule has 150 valence electrons. The first kappa shape index (κ1) is 18.7. The maximum absolute atomic E-state index is 12.8. The molecular formula is C20H27N5O3. The molecule has 1 aliphatic carbocycles. The molecule has 0 unspecified atom stereocenters. The molecule has 2 heterocycles. The largest absolute Gasteiger partial charge is 0.380 e. The molecule has 4 rings (SSSR count). The Kier molecular flexibility index (Phi) is 5.21. The molecule has 2 atom stereocenters. The number of nitrogens with one attached hydrogen (secondary N) is 1. The fourth-order valence-electron chi connectivity index (χ4n) is 4.23. The van der Waals surface area contributed by atoms with E-state index in [0.717, 1.165) is 36.6 Å². The van der Waals surface area contributed by atoms with Gasteiger partial charge < -0.3 is 26.2 Å². The van der Waals surface area contributed by atoms with Crippen LogP contribution < -0.4 is 16.8 Å². The summed E-state index contributed by atoms with van der Waals surface area (Å²) in [6, 6.07) is 4.59. The van der Waals surface area contributed by atoms with Gasteiger partial charge in [0.25, 0.3) is 0 Å². The number of nitrogens with zero attached hydrogens (tertiary/aromatic N) is 2. The van der Waals surface area contributed by atoms with Crippen molar-refractivity contribution in [1.29, 1.82) is 0 Å². The van der Waals surface area contributed by atoms with E-state index in [1.165, 1.54) is 6.42 Å². The second kappa shape index (κ2) is 7.79. The van der Waals surface area contributed by atoms with Crippen LogP contribution in [-0.4, -0.2) is 40.5 Å². The molecule has 5 N–H and O–H groups in total. The summed E-state index contributed by atoms with van der Waals surface area (Å²) in [6.45, 7) is 0.948. The van der Waals surface area contributed by atoms with Crippen molar-refractivity contribution in [3.05, 3.63) is 23.8 Å². The van der Waals surface area contributed by atoms with Gasteiger partial charge in [0.1, 0.15) is 6.04 Å². The highest BCUT2D eigenvalue weighted by Crippen LogP contribution is 2.28. The van der Waals surface area contributed by atoms with E-state index in [-0.39, 0.29) is 17.7 Å². The Morgan fingerprint density at radius 3 is 2.75 bits per heavy atom. The van der Waals surface area contributed by atoms with Gasteiger partial charge >= 0.3 is 0 Å². The number of carbonyl (C=O) groups is 2. The first-order chi connectivity index (χ1) is 13.5. The highest BCUT2D eigenvalue weighted by molar-refractivity contribution is 5.91. The first-order valence-electron chi connectivity index (χ1n) is 10.0. The molecule has 8 nitrogen and oxygen atoms in total. The summed E-state index contributed by atoms with van der Waals surface area (Å²) in [5.41, 5.74) is 13.4. The fraction of sp³-hybridized carbons (Fsp3) is 0.550. The number of benzene rings is 1. The van der Waals surface area contributed by atoms with Crippen LogP contribution in [-0.2, 0) is 16.1 Å². The number of hydrogen-bond donors (Lipinski definition) is 3. The normalized spacial score (nSPS) is 21.3. The van der Waals surface area contributed by atoms with E-state index in [0.29, 0.717) is 30.9 Å². The predicted molar refractivity (Wildman–Crippen MR) is 105 cm³/mol. The van der Waals surface area contributed by atoms with Crippen LogP contribution in [0.5, 0.6) is 0 Å². The van der Waals surface area contributed by atoms with Crippen molar-refractivity contribution in [2.75, 3.05) is 12.3 Å². The Balaban J connectivity index is 1.33. The Hall–Kier alpha value is -2.61. The lowest BCUT2D eigenvalue weighted by Crippen LogP contribution is -2.62. The van der Waals surface area contributed by atoms with Crippen LogP contribution in [0.1, 0.15) is 44.1 Å². The summed E-state index contributed by atoms with van der Waals surface area (Å²) in [7, 11) is 0. The number of anilines is 1. The zero-order chi connectivity index (χ0) is 19.7. The molecule has 1 saturated heterocycles. The number of fused-ring (bicyclic) bond motifs is 1. The summed E-state index contributed by atoms with van der Waals surface area (Å²) < 4.78 is 5.15. The Morgan fingerprint density at radius 2 is 2.04 bits per heavy atom. The van der Waals surface area contributed by atoms with Crippen molar-refractivity contribution in [1.82, 2.24) is 15.4 Å². The van der Waals surface area contributed by atoms with Gasteiger partial charge in [0.05, 0.1) is 11.4 Å². The maximum Gasteiger partial charge on any atom is 0.243 e. The van der Waals surface area contributed by atoms with E-state index in [2.05, 4.69) is 10.5 Å². The number of nitrogens with two attached hydrogens (primary N) is 2. The molecular weight excluding hydrogens is 358 g/mol. The maximum atomic E-state index is 12.8. The van der Waals surface area contributed by atoms with Crippen LogP contribution in [0.25, 0.3) is 11.0 Å². The van der Waals surface area contributed by atoms with Gasteiger partial charge in [-0.1, -0.05) is 30.5 Å². The lowest BCUT2D eigenvalue weighted by Gasteiger charge is -2.42. The van der Waals surface area contributed by atoms with Crippen LogP contribution in [0, 0.1) is 5.92 Å². The third-order valence-electron chi connectivity index (χ3n) is 6.08. The monoisotopic (exact) mass is 385 g/mol. The smallest absolute Gasteiger partial charge is 0.243 e. The number of amides is 2. The van der Waals surface area contributed by atoms with Crippen molar-refractivity contribution in [2.45, 2.75) is 57.2 Å². The number of likely N-dealkylation sites (tertiary alicyclic amines) is 1. The Bertz CT molecular complexity index is 874. The SMILES string of the molecule is Nc1noc2cc(CNC(=O)[C@@H]3CCN3C(=O)[C@H](N)C3CCCCC3)ccc12. The molecule has 0 spiro atoms. The fourth-order valence-corrected chi connectivity index (χ4v) is 4.23. The molecule has 1 aliphatic heterocycles. The zero-order valence-electron chi connectivity index (χ0n) is 15.9. The highest BCUT2D eigenvalue weighted by atomic mass is 16.5. The average molecular weight is 385 g/mol. The van der Waals surface area contributed by atoms with Crippen LogP contribution in [0.4, 0.5) is 5.82 Å². The van der Waals surface area contributed by atoms with Crippen molar-refractivity contribution >= 4 is 28.6 Å². The molecule has 2 aliphatic rings. The minimum atomic E-state index is -0.491. The van der Waals surface area contributed by atoms with Crippen molar-refractivity contribution in [3.63, 3.8) is 0 Å². The van der Waals surface area contributed by atoms with Gasteiger partial charge in [0.2, 0.25) is 11.8 Å². The molecule has 1 aromatic carbocycles. The third-order valence-corrected chi connectivity index (χ3v) is 6.08. The second-order valence-electron chi connectivity index (χ2n) is 7.88. The molecule has 2 fully saturated rings. The number of aromatic nitrogens is 1. The second-order valence-corrected chi connectivity index (χ2v) is 7.88. The Morgan fingerprint density at radius 1 is 1.25 bits per heavy atom. The van der Waals surface area contributed by atoms with Gasteiger partial charge in [-0.3, -0.25) is 9.59 Å². The quantitative estimate of drug-likeness (QED) is 0.716. The van der Waals surface area contributed by atoms with Crippen molar-refractivity contribution in [3.8, 4) is 0 Å². The van der Waals surface area contributed by atoms with E-state index in [9.17, 15) is 9.59 Å². The van der Waals surface area contributed by atoms with E-state index < -0.39 is 12.1 Å². The van der Waals surface area contributed by atoms with Crippen LogP contribution in [0.15, 0.2) is 22.7 Å². The summed E-state index contributed by atoms with van der Waals surface area (Å²) in [5, 5.41) is 7.39. The number of hydrogen-bond acceptors (Lipinski definition) is 6. The molecule has 2 aromatic rings. The van der Waals surface area contributed by atoms with Crippen LogP contribution in [0.3, 0.4) is 0 Å². The lowest BCUT2D eigenvalue weighted by atomic mass is 9.83. The highest BCUT2D eigenvalue weighted by Gasteiger charge is 2.41. The van der Waals surface area contributed by atoms with E-state index in [1.54, 1.807) is 4.90 Å². The minimum absolute atomic E-state index is 0.0862. The van der Waals surface area contributed by atoms with Gasteiger partial charge in [-0.25, -0.2) is 0 Å². The summed E-state index contributed by atoms with van der Waals surface area (Å²) >= 11 is 0. The Labute approximate surface area is 163 Å². The van der Waals surface area contributed by atoms with Gasteiger partial charge in [0.15, 0.2) is 11.4 Å². The topological polar surface area (TPSA) is 127 Å². The number of rotatable bonds is 5. The zero-order valence-corrected chi connectivity index (χ0v) is 15.9. The number of carbonyl (C=O) groups excluding carboxylic acids is 2. The minimum Gasteiger partial charge on any atom is -0.380 e. The first-order valence-corrected chi connectivity index (χ1v) is 10.0. The predicted octanol–water partition coefficient (Wildman–Crippen LogP) is 1.53. The molecule has 0 bridgehead atoms. The summed E-state index contributed by atoms with van der Waals surface area (Å²) in [6.07, 6.45) is 6.18. The van der Waals surface area contributed by atoms with E-state index in [4.69, 9.17) is 16.0 Å². The van der Waals surface area contributed by atoms with E-state index in [1.807, 2.05) is 18.2 Å². The third kappa shape index (κ3) is 3.56. The van der Waals surface area contributed by atoms with Gasteiger partial charge in [-0.05, 0) is 42.9 Å². The average Bonchev–Trinajstić information content (AvgIpc) is 3.06. The summed E-state index contributed by atoms with van der Waals surface area (Å²) in [5.74, 6) is 0.361. The molecule has 2 amide bonds. The molecule has 1 saturated carbocycles. The van der Waals surface area contributed by atoms with Gasteiger partial charge in [0, 0.05) is 13.1 Å². The molecule has 28 heavy (non-hydrogen) atoms. The lowest BCUT2D eigenvalue weighted by molar-refractivity contribution is -0.149. The van der Waals surface area contributed by atoms with Crippen LogP contribution in [0.2, 0.25) is 0 Å². The van der Waals surface area contributed by atoms with Gasteiger partial charge in [-0.15, -0.1) is 0 Å². The van der Waals surface area contributed by atoms with Crippen molar-refractivity contribution < 1.29 is 14.1 Å². The van der Waals surface area contributed by atoms with E-state index >= 15 is 0 Å². The van der Waals surface area contributed by atoms with Gasteiger partial charge in [-0.2, -0.15) is 0 Å². The number of nitrogen functional groups attached to an aromatic ring is 1. The standard InChI is InChI=1S/C20H27N5O3/c21-17(13-4-2-1-3-5-13)20(27)25-9-8-15(25)19(26)23-11-12-6-7-14-16(10-12)28-24-18(14)22/h6-7,10,13,15,17H,1-5,8-9,11,21H2,(H2,22,24)(H,23,26)/t15-,17+/m0/s1. The van der Waals surface area contributed by atoms with Crippen LogP contribution >= 0.6 is 0 Å².